The van der Waals surface area contributed by atoms with Crippen molar-refractivity contribution in [2.45, 2.75) is 37.8 Å². The van der Waals surface area contributed by atoms with Crippen LogP contribution >= 0.6 is 0 Å². The van der Waals surface area contributed by atoms with E-state index in [0.717, 1.165) is 58.6 Å². The molecule has 2 atom stereocenters. The quantitative estimate of drug-likeness (QED) is 0.803. The Kier molecular flexibility index (Phi) is 3.70. The molecule has 0 aromatic heterocycles. The van der Waals surface area contributed by atoms with Gasteiger partial charge in [0.25, 0.3) is 0 Å². The summed E-state index contributed by atoms with van der Waals surface area (Å²) in [6, 6.07) is 0.625. The maximum Gasteiger partial charge on any atom is 0.320 e. The van der Waals surface area contributed by atoms with Crippen LogP contribution in [0.3, 0.4) is 0 Å². The lowest BCUT2D eigenvalue weighted by atomic mass is 10.1. The van der Waals surface area contributed by atoms with Gasteiger partial charge in [-0.3, -0.25) is 0 Å². The van der Waals surface area contributed by atoms with Gasteiger partial charge in [0.15, 0.2) is 0 Å². The molecule has 0 aliphatic carbocycles. The van der Waals surface area contributed by atoms with Crippen molar-refractivity contribution in [3.63, 3.8) is 0 Å². The molecule has 0 aromatic rings. The predicted octanol–water partition coefficient (Wildman–Crippen LogP) is 0.655. The second-order valence-corrected chi connectivity index (χ2v) is 5.56. The van der Waals surface area contributed by atoms with E-state index in [1.807, 2.05) is 4.90 Å². The fourth-order valence-corrected chi connectivity index (χ4v) is 3.24. The van der Waals surface area contributed by atoms with E-state index in [1.54, 1.807) is 0 Å². The fourth-order valence-electron chi connectivity index (χ4n) is 3.24. The van der Waals surface area contributed by atoms with Gasteiger partial charge >= 0.3 is 6.03 Å². The van der Waals surface area contributed by atoms with Crippen LogP contribution in [0.15, 0.2) is 0 Å². The zero-order chi connectivity index (χ0) is 12.4. The van der Waals surface area contributed by atoms with Crippen LogP contribution in [-0.2, 0) is 4.74 Å². The van der Waals surface area contributed by atoms with Gasteiger partial charge in [-0.15, -0.1) is 0 Å². The third kappa shape index (κ3) is 2.47. The summed E-state index contributed by atoms with van der Waals surface area (Å²) >= 11 is 0. The minimum absolute atomic E-state index is 0.221. The topological polar surface area (TPSA) is 44.8 Å². The molecule has 5 heteroatoms. The van der Waals surface area contributed by atoms with E-state index in [9.17, 15) is 4.79 Å². The number of urea groups is 1. The summed E-state index contributed by atoms with van der Waals surface area (Å²) in [5.74, 6) is 0. The zero-order valence-corrected chi connectivity index (χ0v) is 10.9. The monoisotopic (exact) mass is 253 g/mol. The van der Waals surface area contributed by atoms with E-state index < -0.39 is 0 Å². The smallest absolute Gasteiger partial charge is 0.320 e. The SMILES string of the molecule is O=C1N(CC2CCCO2)CCN1C1CCCNC1. The number of carbonyl (C=O) groups is 1. The highest BCUT2D eigenvalue weighted by molar-refractivity contribution is 5.77. The van der Waals surface area contributed by atoms with E-state index >= 15 is 0 Å². The summed E-state index contributed by atoms with van der Waals surface area (Å²) in [4.78, 5) is 16.4. The first kappa shape index (κ1) is 12.2. The van der Waals surface area contributed by atoms with Gasteiger partial charge in [0.05, 0.1) is 6.10 Å². The van der Waals surface area contributed by atoms with E-state index in [1.165, 1.54) is 6.42 Å². The molecular formula is C13H23N3O2. The van der Waals surface area contributed by atoms with Crippen molar-refractivity contribution in [1.82, 2.24) is 15.1 Å². The van der Waals surface area contributed by atoms with Crippen LogP contribution in [0.1, 0.15) is 25.7 Å². The van der Waals surface area contributed by atoms with Crippen molar-refractivity contribution >= 4 is 6.03 Å². The third-order valence-electron chi connectivity index (χ3n) is 4.29. The first-order chi connectivity index (χ1) is 8.84. The normalized spacial score (nSPS) is 33.4. The van der Waals surface area contributed by atoms with Gasteiger partial charge in [-0.1, -0.05) is 0 Å². The van der Waals surface area contributed by atoms with Gasteiger partial charge < -0.3 is 19.9 Å². The maximum atomic E-state index is 12.4. The number of hydrogen-bond acceptors (Lipinski definition) is 3. The Bertz CT molecular complexity index is 299. The van der Waals surface area contributed by atoms with Gasteiger partial charge in [0, 0.05) is 38.8 Å². The average molecular weight is 253 g/mol. The molecule has 5 nitrogen and oxygen atoms in total. The second kappa shape index (κ2) is 5.45. The number of piperidine rings is 1. The highest BCUT2D eigenvalue weighted by atomic mass is 16.5. The number of carbonyl (C=O) groups excluding carboxylic acids is 1. The van der Waals surface area contributed by atoms with Gasteiger partial charge in [0.1, 0.15) is 0 Å². The summed E-state index contributed by atoms with van der Waals surface area (Å²) < 4.78 is 5.62. The standard InChI is InChI=1S/C13H23N3O2/c17-13-15(10-12-4-2-8-18-12)6-7-16(13)11-3-1-5-14-9-11/h11-12,14H,1-10H2. The molecule has 3 rings (SSSR count). The molecule has 0 radical (unpaired) electrons. The van der Waals surface area contributed by atoms with Crippen molar-refractivity contribution in [2.24, 2.45) is 0 Å². The van der Waals surface area contributed by atoms with Crippen molar-refractivity contribution < 1.29 is 9.53 Å². The number of hydrogen-bond donors (Lipinski definition) is 1. The lowest BCUT2D eigenvalue weighted by Crippen LogP contribution is -2.48. The molecule has 0 bridgehead atoms. The average Bonchev–Trinajstić information content (AvgIpc) is 3.03. The van der Waals surface area contributed by atoms with Crippen LogP contribution in [-0.4, -0.2) is 67.3 Å². The molecule has 3 saturated heterocycles. The van der Waals surface area contributed by atoms with Gasteiger partial charge in [-0.2, -0.15) is 0 Å². The minimum Gasteiger partial charge on any atom is -0.376 e. The van der Waals surface area contributed by atoms with Crippen molar-refractivity contribution in [3.05, 3.63) is 0 Å². The highest BCUT2D eigenvalue weighted by Gasteiger charge is 2.35. The molecule has 2 amide bonds. The van der Waals surface area contributed by atoms with Gasteiger partial charge in [-0.25, -0.2) is 4.79 Å². The Hall–Kier alpha value is -0.810. The molecule has 1 N–H and O–H groups in total. The molecule has 102 valence electrons. The first-order valence-corrected chi connectivity index (χ1v) is 7.22. The van der Waals surface area contributed by atoms with Crippen LogP contribution in [0.25, 0.3) is 0 Å². The Morgan fingerprint density at radius 2 is 2.22 bits per heavy atom. The van der Waals surface area contributed by atoms with E-state index in [4.69, 9.17) is 4.74 Å². The van der Waals surface area contributed by atoms with Gasteiger partial charge in [0.2, 0.25) is 0 Å². The van der Waals surface area contributed by atoms with Gasteiger partial charge in [-0.05, 0) is 32.2 Å². The number of amides is 2. The Morgan fingerprint density at radius 3 is 2.94 bits per heavy atom. The molecule has 3 heterocycles. The van der Waals surface area contributed by atoms with Crippen LogP contribution in [0.5, 0.6) is 0 Å². The summed E-state index contributed by atoms with van der Waals surface area (Å²) in [5, 5.41) is 3.38. The maximum absolute atomic E-state index is 12.4. The highest BCUT2D eigenvalue weighted by Crippen LogP contribution is 2.20. The molecule has 0 spiro atoms. The molecular weight excluding hydrogens is 230 g/mol. The van der Waals surface area contributed by atoms with E-state index in [-0.39, 0.29) is 12.1 Å². The van der Waals surface area contributed by atoms with Crippen LogP contribution < -0.4 is 5.32 Å². The van der Waals surface area contributed by atoms with Crippen molar-refractivity contribution in [1.29, 1.82) is 0 Å². The summed E-state index contributed by atoms with van der Waals surface area (Å²) in [7, 11) is 0. The third-order valence-corrected chi connectivity index (χ3v) is 4.29. The first-order valence-electron chi connectivity index (χ1n) is 7.22. The lowest BCUT2D eigenvalue weighted by molar-refractivity contribution is 0.0845. The molecule has 3 fully saturated rings. The fraction of sp³-hybridized carbons (Fsp3) is 0.923. The Morgan fingerprint density at radius 1 is 1.28 bits per heavy atom. The number of nitrogens with one attached hydrogen (secondary N) is 1. The molecule has 0 saturated carbocycles. The van der Waals surface area contributed by atoms with Crippen LogP contribution in [0.2, 0.25) is 0 Å². The summed E-state index contributed by atoms with van der Waals surface area (Å²) in [6.07, 6.45) is 4.85. The van der Waals surface area contributed by atoms with Crippen molar-refractivity contribution in [2.75, 3.05) is 39.3 Å². The van der Waals surface area contributed by atoms with Crippen LogP contribution in [0, 0.1) is 0 Å². The Balaban J connectivity index is 1.54. The lowest BCUT2D eigenvalue weighted by Gasteiger charge is -2.31. The van der Waals surface area contributed by atoms with Crippen LogP contribution in [0.4, 0.5) is 4.79 Å². The van der Waals surface area contributed by atoms with Crippen molar-refractivity contribution in [3.8, 4) is 0 Å². The predicted molar refractivity (Wildman–Crippen MR) is 68.5 cm³/mol. The molecule has 3 aliphatic heterocycles. The Labute approximate surface area is 108 Å². The van der Waals surface area contributed by atoms with E-state index in [2.05, 4.69) is 10.2 Å². The number of ether oxygens (including phenoxy) is 1. The number of nitrogens with zero attached hydrogens (tertiary/aromatic N) is 2. The van der Waals surface area contributed by atoms with E-state index in [0.29, 0.717) is 6.04 Å². The molecule has 3 aliphatic rings. The molecule has 18 heavy (non-hydrogen) atoms. The largest absolute Gasteiger partial charge is 0.376 e. The second-order valence-electron chi connectivity index (χ2n) is 5.56. The summed E-state index contributed by atoms with van der Waals surface area (Å²) in [5.41, 5.74) is 0. The molecule has 0 aromatic carbocycles. The minimum atomic E-state index is 0.221. The summed E-state index contributed by atoms with van der Waals surface area (Å²) in [6.45, 7) is 5.46. The zero-order valence-electron chi connectivity index (χ0n) is 10.9. The molecule has 2 unspecified atom stereocenters. The number of rotatable bonds is 3.